The largest absolute Gasteiger partial charge is 0.396 e. The molecule has 0 radical (unpaired) electrons. The van der Waals surface area contributed by atoms with Gasteiger partial charge in [-0.05, 0) is 18.2 Å². The third-order valence-corrected chi connectivity index (χ3v) is 3.24. The second-order valence-electron chi connectivity index (χ2n) is 3.66. The number of thioether (sulfide) groups is 1. The van der Waals surface area contributed by atoms with Crippen LogP contribution in [0.5, 0.6) is 0 Å². The van der Waals surface area contributed by atoms with Gasteiger partial charge in [-0.25, -0.2) is 9.37 Å². The maximum Gasteiger partial charge on any atom is 0.141 e. The van der Waals surface area contributed by atoms with Crippen molar-refractivity contribution in [2.24, 2.45) is 0 Å². The molecule has 0 saturated heterocycles. The second-order valence-corrected chi connectivity index (χ2v) is 4.79. The van der Waals surface area contributed by atoms with E-state index in [1.165, 1.54) is 18.3 Å². The van der Waals surface area contributed by atoms with Gasteiger partial charge in [0.05, 0.1) is 12.8 Å². The highest BCUT2D eigenvalue weighted by Crippen LogP contribution is 2.20. The van der Waals surface area contributed by atoms with E-state index in [4.69, 9.17) is 16.2 Å². The van der Waals surface area contributed by atoms with E-state index in [2.05, 4.69) is 4.98 Å². The van der Waals surface area contributed by atoms with E-state index >= 15 is 0 Å². The predicted molar refractivity (Wildman–Crippen MR) is 80.7 cm³/mol. The molecule has 0 amide bonds. The molecule has 20 heavy (non-hydrogen) atoms. The van der Waals surface area contributed by atoms with Crippen molar-refractivity contribution in [3.05, 3.63) is 54.0 Å². The molecular formula is C14H16FN3OS. The fourth-order valence-electron chi connectivity index (χ4n) is 1.27. The Morgan fingerprint density at radius 2 is 2.05 bits per heavy atom. The number of nitrogens with two attached hydrogens (primary N) is 1. The van der Waals surface area contributed by atoms with Gasteiger partial charge in [0.2, 0.25) is 0 Å². The molecule has 0 unspecified atom stereocenters. The van der Waals surface area contributed by atoms with Crippen LogP contribution in [0.1, 0.15) is 5.56 Å². The minimum absolute atomic E-state index is 0.178. The zero-order valence-corrected chi connectivity index (χ0v) is 11.6. The number of hydrogen-bond donors (Lipinski definition) is 3. The Morgan fingerprint density at radius 1 is 1.30 bits per heavy atom. The van der Waals surface area contributed by atoms with Gasteiger partial charge in [-0.2, -0.15) is 0 Å². The quantitative estimate of drug-likeness (QED) is 0.597. The lowest BCUT2D eigenvalue weighted by molar-refractivity contribution is 0.322. The summed E-state index contributed by atoms with van der Waals surface area (Å²) >= 11 is 1.57. The molecule has 1 aromatic heterocycles. The van der Waals surface area contributed by atoms with Crippen LogP contribution in [-0.4, -0.2) is 28.7 Å². The van der Waals surface area contributed by atoms with Crippen LogP contribution in [0, 0.1) is 11.2 Å². The molecule has 106 valence electrons. The van der Waals surface area contributed by atoms with Crippen molar-refractivity contribution in [2.45, 2.75) is 4.90 Å². The summed E-state index contributed by atoms with van der Waals surface area (Å²) in [6.45, 7) is 0.178. The summed E-state index contributed by atoms with van der Waals surface area (Å²) in [5, 5.41) is 15.7. The standard InChI is InChI=1S/C9H11NOS.C5H5FN2/c10-7-8-3-1-2-4-9(8)12-6-5-11;6-4-1-2-5(7)8-3-4/h1-4,7,10-11H,5-6H2;1-3H,(H2,7,8). The fourth-order valence-corrected chi connectivity index (χ4v) is 2.05. The van der Waals surface area contributed by atoms with E-state index < -0.39 is 0 Å². The second kappa shape index (κ2) is 9.06. The molecule has 0 aliphatic carbocycles. The number of hydrogen-bond acceptors (Lipinski definition) is 5. The van der Waals surface area contributed by atoms with Crippen molar-refractivity contribution in [2.75, 3.05) is 18.1 Å². The molecular weight excluding hydrogens is 277 g/mol. The average molecular weight is 293 g/mol. The first kappa shape index (κ1) is 16.1. The molecule has 0 bridgehead atoms. The van der Waals surface area contributed by atoms with Gasteiger partial charge in [0.15, 0.2) is 0 Å². The van der Waals surface area contributed by atoms with Crippen LogP contribution in [0.2, 0.25) is 0 Å². The number of nitrogen functional groups attached to an aromatic ring is 1. The van der Waals surface area contributed by atoms with E-state index in [1.54, 1.807) is 11.8 Å². The lowest BCUT2D eigenvalue weighted by Crippen LogP contribution is -1.89. The maximum atomic E-state index is 12.0. The molecule has 1 heterocycles. The number of anilines is 1. The highest BCUT2D eigenvalue weighted by Gasteiger charge is 1.97. The van der Waals surface area contributed by atoms with Crippen molar-refractivity contribution in [1.29, 1.82) is 5.41 Å². The summed E-state index contributed by atoms with van der Waals surface area (Å²) in [5.41, 5.74) is 6.06. The molecule has 0 aliphatic heterocycles. The number of aliphatic hydroxyl groups is 1. The van der Waals surface area contributed by atoms with Crippen molar-refractivity contribution >= 4 is 23.8 Å². The topological polar surface area (TPSA) is 83.0 Å². The van der Waals surface area contributed by atoms with E-state index in [9.17, 15) is 4.39 Å². The van der Waals surface area contributed by atoms with Crippen LogP contribution in [0.4, 0.5) is 10.2 Å². The third kappa shape index (κ3) is 5.81. The summed E-state index contributed by atoms with van der Waals surface area (Å²) in [6, 6.07) is 10.4. The van der Waals surface area contributed by atoms with Gasteiger partial charge in [-0.15, -0.1) is 11.8 Å². The molecule has 6 heteroatoms. The number of nitrogens with one attached hydrogen (secondary N) is 1. The van der Waals surface area contributed by atoms with Crippen LogP contribution >= 0.6 is 11.8 Å². The molecule has 0 fully saturated rings. The number of benzene rings is 1. The lowest BCUT2D eigenvalue weighted by Gasteiger charge is -2.02. The van der Waals surface area contributed by atoms with Gasteiger partial charge in [-0.1, -0.05) is 18.2 Å². The Morgan fingerprint density at radius 3 is 2.60 bits per heavy atom. The number of pyridine rings is 1. The van der Waals surface area contributed by atoms with E-state index in [0.29, 0.717) is 11.6 Å². The van der Waals surface area contributed by atoms with Crippen LogP contribution < -0.4 is 5.73 Å². The molecule has 0 saturated carbocycles. The van der Waals surface area contributed by atoms with E-state index in [-0.39, 0.29) is 12.4 Å². The van der Waals surface area contributed by atoms with Gasteiger partial charge in [0, 0.05) is 22.4 Å². The molecule has 4 nitrogen and oxygen atoms in total. The summed E-state index contributed by atoms with van der Waals surface area (Å²) in [5.74, 6) is 0.663. The molecule has 0 atom stereocenters. The van der Waals surface area contributed by atoms with Gasteiger partial charge in [0.1, 0.15) is 11.6 Å². The monoisotopic (exact) mass is 293 g/mol. The fraction of sp³-hybridized carbons (Fsp3) is 0.143. The molecule has 4 N–H and O–H groups in total. The van der Waals surface area contributed by atoms with Crippen LogP contribution in [0.3, 0.4) is 0 Å². The Bertz CT molecular complexity index is 513. The average Bonchev–Trinajstić information content (AvgIpc) is 2.49. The zero-order valence-electron chi connectivity index (χ0n) is 10.8. The van der Waals surface area contributed by atoms with Gasteiger partial charge in [-0.3, -0.25) is 0 Å². The lowest BCUT2D eigenvalue weighted by atomic mass is 10.2. The van der Waals surface area contributed by atoms with Gasteiger partial charge >= 0.3 is 0 Å². The van der Waals surface area contributed by atoms with Crippen LogP contribution in [0.15, 0.2) is 47.5 Å². The predicted octanol–water partition coefficient (Wildman–Crippen LogP) is 2.57. The summed E-state index contributed by atoms with van der Waals surface area (Å²) in [6.07, 6.45) is 2.41. The summed E-state index contributed by atoms with van der Waals surface area (Å²) in [7, 11) is 0. The molecule has 2 aromatic rings. The minimum atomic E-state index is -0.362. The molecule has 2 rings (SSSR count). The Kier molecular flexibility index (Phi) is 7.31. The summed E-state index contributed by atoms with van der Waals surface area (Å²) < 4.78 is 12.0. The van der Waals surface area contributed by atoms with E-state index in [0.717, 1.165) is 16.7 Å². The number of rotatable bonds is 4. The maximum absolute atomic E-state index is 12.0. The molecule has 1 aromatic carbocycles. The Balaban J connectivity index is 0.000000217. The first-order valence-electron chi connectivity index (χ1n) is 5.87. The van der Waals surface area contributed by atoms with Crippen LogP contribution in [0.25, 0.3) is 0 Å². The van der Waals surface area contributed by atoms with Crippen molar-refractivity contribution < 1.29 is 9.50 Å². The van der Waals surface area contributed by atoms with E-state index in [1.807, 2.05) is 24.3 Å². The highest BCUT2D eigenvalue weighted by molar-refractivity contribution is 7.99. The first-order valence-corrected chi connectivity index (χ1v) is 6.86. The van der Waals surface area contributed by atoms with Crippen molar-refractivity contribution in [3.8, 4) is 0 Å². The summed E-state index contributed by atoms with van der Waals surface area (Å²) in [4.78, 5) is 4.54. The normalized spacial score (nSPS) is 9.50. The minimum Gasteiger partial charge on any atom is -0.396 e. The SMILES string of the molecule is N=Cc1ccccc1SCCO.Nc1ccc(F)cn1. The molecule has 0 spiro atoms. The molecule has 0 aliphatic rings. The van der Waals surface area contributed by atoms with Crippen LogP contribution in [-0.2, 0) is 0 Å². The highest BCUT2D eigenvalue weighted by atomic mass is 32.2. The number of nitrogens with zero attached hydrogens (tertiary/aromatic N) is 1. The number of halogens is 1. The Labute approximate surface area is 121 Å². The van der Waals surface area contributed by atoms with Crippen molar-refractivity contribution in [3.63, 3.8) is 0 Å². The number of aromatic nitrogens is 1. The first-order chi connectivity index (χ1) is 9.67. The third-order valence-electron chi connectivity index (χ3n) is 2.17. The number of aliphatic hydroxyl groups excluding tert-OH is 1. The smallest absolute Gasteiger partial charge is 0.141 e. The zero-order chi connectivity index (χ0) is 14.8. The van der Waals surface area contributed by atoms with Gasteiger partial charge in [0.25, 0.3) is 0 Å². The van der Waals surface area contributed by atoms with Gasteiger partial charge < -0.3 is 16.2 Å². The Hall–Kier alpha value is -1.92. The van der Waals surface area contributed by atoms with Crippen molar-refractivity contribution in [1.82, 2.24) is 4.98 Å².